The van der Waals surface area contributed by atoms with Gasteiger partial charge in [-0.1, -0.05) is 17.8 Å². The Kier molecular flexibility index (Phi) is 6.25. The van der Waals surface area contributed by atoms with Gasteiger partial charge in [0.1, 0.15) is 5.75 Å². The van der Waals surface area contributed by atoms with Crippen LogP contribution < -0.4 is 10.1 Å². The highest BCUT2D eigenvalue weighted by Gasteiger charge is 2.12. The summed E-state index contributed by atoms with van der Waals surface area (Å²) in [4.78, 5) is 12.1. The van der Waals surface area contributed by atoms with Gasteiger partial charge >= 0.3 is 6.61 Å². The van der Waals surface area contributed by atoms with Crippen molar-refractivity contribution < 1.29 is 22.7 Å². The Morgan fingerprint density at radius 1 is 1.14 bits per heavy atom. The van der Waals surface area contributed by atoms with Crippen LogP contribution in [0.1, 0.15) is 11.1 Å². The monoisotopic (exact) mass is 405 g/mol. The maximum absolute atomic E-state index is 12.2. The summed E-state index contributed by atoms with van der Waals surface area (Å²) >= 11 is 1.11. The number of amides is 1. The summed E-state index contributed by atoms with van der Waals surface area (Å²) in [5, 5.41) is 10.9. The number of nitrogens with zero attached hydrogens (tertiary/aromatic N) is 2. The molecule has 2 aromatic carbocycles. The molecule has 0 aliphatic carbocycles. The number of halogens is 2. The molecular weight excluding hydrogens is 388 g/mol. The number of carbonyl (C=O) groups excluding carboxylic acids is 1. The Balaban J connectivity index is 1.56. The molecule has 0 saturated heterocycles. The maximum atomic E-state index is 12.2. The molecule has 0 spiro atoms. The standard InChI is InChI=1S/C19H17F2N3O3S/c1-11-7-12(2)9-14(8-11)22-16(25)10-28-19-24-23-17(27-19)13-3-5-15(6-4-13)26-18(20)21/h3-9,18H,10H2,1-2H3,(H,22,25). The predicted molar refractivity (Wildman–Crippen MR) is 102 cm³/mol. The van der Waals surface area contributed by atoms with Crippen LogP contribution in [0.2, 0.25) is 0 Å². The van der Waals surface area contributed by atoms with Gasteiger partial charge in [0, 0.05) is 11.3 Å². The minimum atomic E-state index is -2.88. The number of ether oxygens (including phenoxy) is 1. The normalized spacial score (nSPS) is 10.9. The molecule has 3 rings (SSSR count). The molecule has 1 heterocycles. The second kappa shape index (κ2) is 8.83. The number of thioether (sulfide) groups is 1. The average molecular weight is 405 g/mol. The van der Waals surface area contributed by atoms with Crippen molar-refractivity contribution in [1.29, 1.82) is 0 Å². The van der Waals surface area contributed by atoms with Crippen molar-refractivity contribution in [3.8, 4) is 17.2 Å². The highest BCUT2D eigenvalue weighted by Crippen LogP contribution is 2.25. The van der Waals surface area contributed by atoms with Crippen molar-refractivity contribution in [3.05, 3.63) is 53.6 Å². The second-order valence-corrected chi connectivity index (χ2v) is 6.92. The fourth-order valence-electron chi connectivity index (χ4n) is 2.53. The molecular formula is C19H17F2N3O3S. The van der Waals surface area contributed by atoms with E-state index in [1.54, 1.807) is 0 Å². The Labute approximate surface area is 164 Å². The molecule has 9 heteroatoms. The van der Waals surface area contributed by atoms with Crippen LogP contribution in [-0.4, -0.2) is 28.5 Å². The first-order chi connectivity index (χ1) is 13.4. The van der Waals surface area contributed by atoms with Crippen molar-refractivity contribution in [2.24, 2.45) is 0 Å². The van der Waals surface area contributed by atoms with Crippen LogP contribution in [-0.2, 0) is 4.79 Å². The largest absolute Gasteiger partial charge is 0.435 e. The van der Waals surface area contributed by atoms with Gasteiger partial charge in [0.15, 0.2) is 0 Å². The third-order valence-corrected chi connectivity index (χ3v) is 4.38. The van der Waals surface area contributed by atoms with E-state index in [1.807, 2.05) is 32.0 Å². The summed E-state index contributed by atoms with van der Waals surface area (Å²) in [6.45, 7) is 1.04. The summed E-state index contributed by atoms with van der Waals surface area (Å²) in [5.41, 5.74) is 3.42. The van der Waals surface area contributed by atoms with Crippen LogP contribution in [0, 0.1) is 13.8 Å². The second-order valence-electron chi connectivity index (χ2n) is 5.99. The molecule has 0 aliphatic rings. The number of aryl methyl sites for hydroxylation is 2. The molecule has 0 unspecified atom stereocenters. The Hall–Kier alpha value is -2.94. The third-order valence-electron chi connectivity index (χ3n) is 3.57. The number of aromatic nitrogens is 2. The minimum absolute atomic E-state index is 0.0379. The molecule has 6 nitrogen and oxygen atoms in total. The number of alkyl halides is 2. The molecule has 1 amide bonds. The van der Waals surface area contributed by atoms with E-state index in [0.717, 1.165) is 28.6 Å². The van der Waals surface area contributed by atoms with Gasteiger partial charge in [0.05, 0.1) is 5.75 Å². The van der Waals surface area contributed by atoms with Crippen LogP contribution in [0.15, 0.2) is 52.1 Å². The molecule has 0 aliphatic heterocycles. The van der Waals surface area contributed by atoms with Gasteiger partial charge in [-0.05, 0) is 61.4 Å². The summed E-state index contributed by atoms with van der Waals surface area (Å²) in [6, 6.07) is 11.6. The van der Waals surface area contributed by atoms with Crippen LogP contribution in [0.3, 0.4) is 0 Å². The first-order valence-corrected chi connectivity index (χ1v) is 9.27. The predicted octanol–water partition coefficient (Wildman–Crippen LogP) is 4.69. The fourth-order valence-corrected chi connectivity index (χ4v) is 3.10. The van der Waals surface area contributed by atoms with Crippen molar-refractivity contribution in [2.45, 2.75) is 25.7 Å². The third kappa shape index (κ3) is 5.53. The van der Waals surface area contributed by atoms with Gasteiger partial charge in [0.25, 0.3) is 5.22 Å². The number of rotatable bonds is 7. The van der Waals surface area contributed by atoms with E-state index in [9.17, 15) is 13.6 Å². The molecule has 3 aromatic rings. The Bertz CT molecular complexity index is 941. The summed E-state index contributed by atoms with van der Waals surface area (Å²) < 4.78 is 34.1. The highest BCUT2D eigenvalue weighted by atomic mass is 32.2. The Morgan fingerprint density at radius 3 is 2.46 bits per heavy atom. The van der Waals surface area contributed by atoms with Gasteiger partial charge in [-0.15, -0.1) is 10.2 Å². The fraction of sp³-hybridized carbons (Fsp3) is 0.211. The molecule has 0 atom stereocenters. The number of hydrogen-bond acceptors (Lipinski definition) is 6. The molecule has 0 bridgehead atoms. The van der Waals surface area contributed by atoms with E-state index in [-0.39, 0.29) is 28.5 Å². The van der Waals surface area contributed by atoms with Crippen molar-refractivity contribution >= 4 is 23.4 Å². The SMILES string of the molecule is Cc1cc(C)cc(NC(=O)CSc2nnc(-c3ccc(OC(F)F)cc3)o2)c1. The quantitative estimate of drug-likeness (QED) is 0.575. The van der Waals surface area contributed by atoms with Gasteiger partial charge in [0.2, 0.25) is 11.8 Å². The zero-order valence-electron chi connectivity index (χ0n) is 15.1. The van der Waals surface area contributed by atoms with Gasteiger partial charge in [-0.3, -0.25) is 4.79 Å². The van der Waals surface area contributed by atoms with E-state index >= 15 is 0 Å². The van der Waals surface area contributed by atoms with E-state index in [4.69, 9.17) is 4.42 Å². The van der Waals surface area contributed by atoms with Crippen molar-refractivity contribution in [2.75, 3.05) is 11.1 Å². The first-order valence-electron chi connectivity index (χ1n) is 8.29. The number of benzene rings is 2. The van der Waals surface area contributed by atoms with E-state index in [2.05, 4.69) is 20.3 Å². The zero-order chi connectivity index (χ0) is 20.1. The number of anilines is 1. The topological polar surface area (TPSA) is 77.2 Å². The highest BCUT2D eigenvalue weighted by molar-refractivity contribution is 7.99. The smallest absolute Gasteiger partial charge is 0.387 e. The van der Waals surface area contributed by atoms with Crippen LogP contribution >= 0.6 is 11.8 Å². The van der Waals surface area contributed by atoms with Crippen LogP contribution in [0.5, 0.6) is 5.75 Å². The zero-order valence-corrected chi connectivity index (χ0v) is 15.9. The molecule has 1 N–H and O–H groups in total. The lowest BCUT2D eigenvalue weighted by atomic mass is 10.1. The van der Waals surface area contributed by atoms with E-state index in [1.165, 1.54) is 24.3 Å². The molecule has 0 fully saturated rings. The molecule has 146 valence electrons. The molecule has 1 aromatic heterocycles. The molecule has 0 radical (unpaired) electrons. The van der Waals surface area contributed by atoms with Crippen molar-refractivity contribution in [1.82, 2.24) is 10.2 Å². The van der Waals surface area contributed by atoms with Gasteiger partial charge < -0.3 is 14.5 Å². The van der Waals surface area contributed by atoms with Crippen LogP contribution in [0.25, 0.3) is 11.5 Å². The van der Waals surface area contributed by atoms with Gasteiger partial charge in [-0.2, -0.15) is 8.78 Å². The first kappa shape index (κ1) is 19.8. The van der Waals surface area contributed by atoms with Crippen LogP contribution in [0.4, 0.5) is 14.5 Å². The molecule has 28 heavy (non-hydrogen) atoms. The Morgan fingerprint density at radius 2 is 1.82 bits per heavy atom. The van der Waals surface area contributed by atoms with E-state index in [0.29, 0.717) is 5.56 Å². The average Bonchev–Trinajstić information content (AvgIpc) is 3.08. The molecule has 0 saturated carbocycles. The maximum Gasteiger partial charge on any atom is 0.387 e. The van der Waals surface area contributed by atoms with E-state index < -0.39 is 6.61 Å². The lowest BCUT2D eigenvalue weighted by Crippen LogP contribution is -2.14. The van der Waals surface area contributed by atoms with Crippen molar-refractivity contribution in [3.63, 3.8) is 0 Å². The number of hydrogen-bond donors (Lipinski definition) is 1. The minimum Gasteiger partial charge on any atom is -0.435 e. The summed E-state index contributed by atoms with van der Waals surface area (Å²) in [6.07, 6.45) is 0. The van der Waals surface area contributed by atoms with Gasteiger partial charge in [-0.25, -0.2) is 0 Å². The summed E-state index contributed by atoms with van der Waals surface area (Å²) in [7, 11) is 0. The lowest BCUT2D eigenvalue weighted by molar-refractivity contribution is -0.113. The summed E-state index contributed by atoms with van der Waals surface area (Å²) in [5.74, 6) is 0.176. The number of carbonyl (C=O) groups is 1. The lowest BCUT2D eigenvalue weighted by Gasteiger charge is -2.06. The number of nitrogens with one attached hydrogen (secondary N) is 1.